The van der Waals surface area contributed by atoms with Gasteiger partial charge in [0.2, 0.25) is 5.95 Å². The van der Waals surface area contributed by atoms with Gasteiger partial charge in [-0.3, -0.25) is 9.69 Å². The summed E-state index contributed by atoms with van der Waals surface area (Å²) in [6, 6.07) is 0.815. The summed E-state index contributed by atoms with van der Waals surface area (Å²) in [6.45, 7) is 18.3. The van der Waals surface area contributed by atoms with E-state index in [4.69, 9.17) is 21.3 Å². The van der Waals surface area contributed by atoms with E-state index in [-0.39, 0.29) is 5.91 Å². The van der Waals surface area contributed by atoms with Gasteiger partial charge in [0.25, 0.3) is 5.91 Å². The van der Waals surface area contributed by atoms with Crippen molar-refractivity contribution in [3.63, 3.8) is 0 Å². The molecule has 2 aliphatic heterocycles. The van der Waals surface area contributed by atoms with Gasteiger partial charge in [0, 0.05) is 70.1 Å². The molecule has 1 amide bonds. The Bertz CT molecular complexity index is 873. The number of anilines is 1. The standard InChI is InChI=1S/C21H33N5O2.C4H7Cl.C3H6/c1-21(2,28-3)19(27)25-9-7-16-15-22-20(23-18(16)8-10-25)26-13-11-24(12-14-26)17-5-4-6-17;1-3-4(2)5;1-3-2/h15,17H,4-14H2,1-3H3;3H,1-2H3;3H,1H2,2H3/b;4-3+;. The zero-order valence-corrected chi connectivity index (χ0v) is 24.0. The van der Waals surface area contributed by atoms with E-state index in [9.17, 15) is 4.79 Å². The van der Waals surface area contributed by atoms with Crippen LogP contribution in [0.2, 0.25) is 0 Å². The lowest BCUT2D eigenvalue weighted by atomic mass is 9.91. The molecule has 7 nitrogen and oxygen atoms in total. The van der Waals surface area contributed by atoms with Crippen LogP contribution in [0.5, 0.6) is 0 Å². The molecule has 3 aliphatic rings. The number of carbonyl (C=O) groups is 1. The minimum atomic E-state index is -0.784. The third kappa shape index (κ3) is 8.56. The third-order valence-corrected chi connectivity index (χ3v) is 7.33. The molecule has 1 aliphatic carbocycles. The summed E-state index contributed by atoms with van der Waals surface area (Å²) < 4.78 is 5.38. The molecule has 1 saturated carbocycles. The lowest BCUT2D eigenvalue weighted by Gasteiger charge is -2.43. The number of hydrogen-bond acceptors (Lipinski definition) is 6. The van der Waals surface area contributed by atoms with Crippen molar-refractivity contribution >= 4 is 23.5 Å². The molecule has 0 unspecified atom stereocenters. The summed E-state index contributed by atoms with van der Waals surface area (Å²) in [7, 11) is 1.59. The van der Waals surface area contributed by atoms with Crippen LogP contribution in [-0.4, -0.2) is 83.7 Å². The minimum absolute atomic E-state index is 0.0445. The number of rotatable bonds is 4. The van der Waals surface area contributed by atoms with Crippen LogP contribution in [0.4, 0.5) is 5.95 Å². The van der Waals surface area contributed by atoms with Gasteiger partial charge in [-0.2, -0.15) is 0 Å². The molecule has 1 aromatic rings. The van der Waals surface area contributed by atoms with Crippen LogP contribution in [0.15, 0.2) is 30.0 Å². The van der Waals surface area contributed by atoms with Gasteiger partial charge in [-0.25, -0.2) is 9.97 Å². The molecule has 2 fully saturated rings. The highest BCUT2D eigenvalue weighted by Crippen LogP contribution is 2.26. The van der Waals surface area contributed by atoms with Crippen LogP contribution >= 0.6 is 11.6 Å². The largest absolute Gasteiger partial charge is 0.369 e. The number of ether oxygens (including phenoxy) is 1. The fourth-order valence-electron chi connectivity index (χ4n) is 4.33. The summed E-state index contributed by atoms with van der Waals surface area (Å²) in [5, 5.41) is 0.852. The van der Waals surface area contributed by atoms with Crippen molar-refractivity contribution in [2.24, 2.45) is 0 Å². The van der Waals surface area contributed by atoms with Crippen LogP contribution in [-0.2, 0) is 22.4 Å². The highest BCUT2D eigenvalue weighted by molar-refractivity contribution is 6.29. The van der Waals surface area contributed by atoms with Crippen LogP contribution in [0, 0.1) is 0 Å². The maximum Gasteiger partial charge on any atom is 0.254 e. The minimum Gasteiger partial charge on any atom is -0.369 e. The molecule has 4 rings (SSSR count). The molecule has 0 N–H and O–H groups in total. The van der Waals surface area contributed by atoms with Crippen molar-refractivity contribution in [1.82, 2.24) is 19.8 Å². The Labute approximate surface area is 223 Å². The Hall–Kier alpha value is -1.96. The zero-order valence-electron chi connectivity index (χ0n) is 23.2. The van der Waals surface area contributed by atoms with E-state index in [0.29, 0.717) is 13.1 Å². The molecule has 0 spiro atoms. The fourth-order valence-corrected chi connectivity index (χ4v) is 4.33. The Morgan fingerprint density at radius 1 is 1.14 bits per heavy atom. The van der Waals surface area contributed by atoms with Gasteiger partial charge in [0.15, 0.2) is 0 Å². The van der Waals surface area contributed by atoms with Crippen molar-refractivity contribution in [1.29, 1.82) is 0 Å². The highest BCUT2D eigenvalue weighted by atomic mass is 35.5. The van der Waals surface area contributed by atoms with E-state index in [1.807, 2.05) is 51.8 Å². The molecule has 0 radical (unpaired) electrons. The highest BCUT2D eigenvalue weighted by Gasteiger charge is 2.33. The Morgan fingerprint density at radius 2 is 1.72 bits per heavy atom. The monoisotopic (exact) mass is 519 g/mol. The maximum atomic E-state index is 12.7. The topological polar surface area (TPSA) is 61.8 Å². The Kier molecular flexibility index (Phi) is 12.4. The number of allylic oxidation sites excluding steroid dienone is 3. The van der Waals surface area contributed by atoms with Crippen LogP contribution < -0.4 is 4.90 Å². The number of amides is 1. The summed E-state index contributed by atoms with van der Waals surface area (Å²) >= 11 is 5.32. The van der Waals surface area contributed by atoms with Gasteiger partial charge in [-0.15, -0.1) is 6.58 Å². The van der Waals surface area contributed by atoms with Crippen molar-refractivity contribution in [3.8, 4) is 0 Å². The predicted molar refractivity (Wildman–Crippen MR) is 150 cm³/mol. The van der Waals surface area contributed by atoms with Gasteiger partial charge in [0.05, 0.1) is 5.69 Å². The van der Waals surface area contributed by atoms with Crippen molar-refractivity contribution in [2.45, 2.75) is 78.4 Å². The number of methoxy groups -OCH3 is 1. The molecule has 1 aromatic heterocycles. The quantitative estimate of drug-likeness (QED) is 0.530. The van der Waals surface area contributed by atoms with Gasteiger partial charge >= 0.3 is 0 Å². The maximum absolute atomic E-state index is 12.7. The van der Waals surface area contributed by atoms with E-state index < -0.39 is 5.60 Å². The summed E-state index contributed by atoms with van der Waals surface area (Å²) in [5.74, 6) is 0.895. The normalized spacial score (nSPS) is 19.0. The van der Waals surface area contributed by atoms with Crippen molar-refractivity contribution in [2.75, 3.05) is 51.3 Å². The van der Waals surface area contributed by atoms with Crippen molar-refractivity contribution < 1.29 is 9.53 Å². The van der Waals surface area contributed by atoms with Gasteiger partial charge < -0.3 is 14.5 Å². The van der Waals surface area contributed by atoms with Gasteiger partial charge in [-0.05, 0) is 59.4 Å². The van der Waals surface area contributed by atoms with E-state index >= 15 is 0 Å². The first-order chi connectivity index (χ1) is 17.2. The number of halogens is 1. The average molecular weight is 520 g/mol. The molecule has 36 heavy (non-hydrogen) atoms. The average Bonchev–Trinajstić information content (AvgIpc) is 3.06. The van der Waals surface area contributed by atoms with Gasteiger partial charge in [0.1, 0.15) is 5.60 Å². The molecular weight excluding hydrogens is 474 g/mol. The number of nitrogens with zero attached hydrogens (tertiary/aromatic N) is 5. The van der Waals surface area contributed by atoms with E-state index in [0.717, 1.165) is 61.7 Å². The zero-order chi connectivity index (χ0) is 26.7. The SMILES string of the molecule is C/C=C(\C)Cl.C=CC.COC(C)(C)C(=O)N1CCc2cnc(N3CCN(C4CCC4)CC3)nc2CC1. The lowest BCUT2D eigenvalue weighted by Crippen LogP contribution is -2.52. The predicted octanol–water partition coefficient (Wildman–Crippen LogP) is 4.84. The molecule has 0 bridgehead atoms. The Morgan fingerprint density at radius 3 is 2.22 bits per heavy atom. The number of fused-ring (bicyclic) bond motifs is 1. The first-order valence-corrected chi connectivity index (χ1v) is 13.6. The second-order valence-electron chi connectivity index (χ2n) is 10.0. The fraction of sp³-hybridized carbons (Fsp3) is 0.679. The van der Waals surface area contributed by atoms with Crippen LogP contribution in [0.25, 0.3) is 0 Å². The first-order valence-electron chi connectivity index (χ1n) is 13.2. The van der Waals surface area contributed by atoms with Crippen molar-refractivity contribution in [3.05, 3.63) is 41.2 Å². The number of carbonyl (C=O) groups excluding carboxylic acids is 1. The first kappa shape index (κ1) is 30.3. The molecule has 8 heteroatoms. The second kappa shape index (κ2) is 14.7. The number of aromatic nitrogens is 2. The second-order valence-corrected chi connectivity index (χ2v) is 10.6. The van der Waals surface area contributed by atoms with Crippen LogP contribution in [0.1, 0.15) is 65.1 Å². The summed E-state index contributed by atoms with van der Waals surface area (Å²) in [6.07, 6.45) is 11.3. The molecule has 1 saturated heterocycles. The lowest BCUT2D eigenvalue weighted by molar-refractivity contribution is -0.150. The number of piperazine rings is 1. The van der Waals surface area contributed by atoms with E-state index in [2.05, 4.69) is 21.4 Å². The molecular formula is C28H46ClN5O2. The smallest absolute Gasteiger partial charge is 0.254 e. The Balaban J connectivity index is 0.000000501. The summed E-state index contributed by atoms with van der Waals surface area (Å²) in [4.78, 5) is 29.2. The molecule has 0 aromatic carbocycles. The number of hydrogen-bond donors (Lipinski definition) is 0. The molecule has 0 atom stereocenters. The molecule has 202 valence electrons. The van der Waals surface area contributed by atoms with E-state index in [1.165, 1.54) is 24.8 Å². The van der Waals surface area contributed by atoms with Crippen LogP contribution in [0.3, 0.4) is 0 Å². The third-order valence-electron chi connectivity index (χ3n) is 7.11. The van der Waals surface area contributed by atoms with E-state index in [1.54, 1.807) is 13.2 Å². The van der Waals surface area contributed by atoms with Gasteiger partial charge in [-0.1, -0.05) is 30.2 Å². The molecule has 3 heterocycles. The summed E-state index contributed by atoms with van der Waals surface area (Å²) in [5.41, 5.74) is 1.48.